The molecule has 0 spiro atoms. The molecule has 12 aromatic rings. The summed E-state index contributed by atoms with van der Waals surface area (Å²) in [5.41, 5.74) is 30.4. The van der Waals surface area contributed by atoms with Crippen LogP contribution in [0.4, 0.5) is 0 Å². The fourth-order valence-electron chi connectivity index (χ4n) is 13.8. The van der Waals surface area contributed by atoms with Gasteiger partial charge in [0.1, 0.15) is 42.3 Å². The van der Waals surface area contributed by atoms with E-state index in [0.29, 0.717) is 22.7 Å². The number of nitrogens with zero attached hydrogens (tertiary/aromatic N) is 6. The van der Waals surface area contributed by atoms with Crippen molar-refractivity contribution in [1.29, 1.82) is 0 Å². The van der Waals surface area contributed by atoms with Gasteiger partial charge in [0, 0.05) is 125 Å². The number of benzene rings is 6. The van der Waals surface area contributed by atoms with Crippen LogP contribution in [0.25, 0.3) is 67.5 Å². The zero-order valence-corrected chi connectivity index (χ0v) is 68.8. The molecule has 107 heavy (non-hydrogen) atoms. The largest absolute Gasteiger partial charge is 0.212 e. The van der Waals surface area contributed by atoms with Crippen molar-refractivity contribution >= 4 is 0 Å². The molecule has 12 rings (SSSR count). The molecule has 0 aliphatic rings. The summed E-state index contributed by atoms with van der Waals surface area (Å²) in [6.45, 7) is 27.8. The van der Waals surface area contributed by atoms with Crippen molar-refractivity contribution in [3.05, 3.63) is 319 Å². The normalized spacial score (nSPS) is 14.9. The molecule has 6 heteroatoms. The van der Waals surface area contributed by atoms with Gasteiger partial charge in [-0.2, -0.15) is 0 Å². The summed E-state index contributed by atoms with van der Waals surface area (Å²) in [6.07, 6.45) is 12.5. The molecule has 6 aromatic heterocycles. The van der Waals surface area contributed by atoms with Crippen LogP contribution in [0.15, 0.2) is 219 Å². The molecule has 0 aliphatic carbocycles. The summed E-state index contributed by atoms with van der Waals surface area (Å²) in [7, 11) is 11.8. The van der Waals surface area contributed by atoms with Crippen LogP contribution >= 0.6 is 0 Å². The molecule has 2 atom stereocenters. The lowest BCUT2D eigenvalue weighted by molar-refractivity contribution is -0.661. The Labute approximate surface area is 670 Å². The third kappa shape index (κ3) is 21.7. The maximum Gasteiger partial charge on any atom is 0.212 e. The van der Waals surface area contributed by atoms with Crippen LogP contribution in [0.2, 0.25) is 0 Å². The molecule has 0 fully saturated rings. The van der Waals surface area contributed by atoms with Gasteiger partial charge in [0.2, 0.25) is 34.2 Å². The molecular weight excluding hydrogens is 1300 g/mol. The zero-order chi connectivity index (χ0) is 92.5. The summed E-state index contributed by atoms with van der Waals surface area (Å²) < 4.78 is 138. The van der Waals surface area contributed by atoms with Crippen molar-refractivity contribution in [1.82, 2.24) is 0 Å². The molecule has 0 N–H and O–H groups in total. The Morgan fingerprint density at radius 1 is 0.262 bits per heavy atom. The molecule has 0 saturated heterocycles. The lowest BCUT2D eigenvalue weighted by Gasteiger charge is -2.11. The highest BCUT2D eigenvalue weighted by Crippen LogP contribution is 2.31. The second kappa shape index (κ2) is 38.7. The smallest absolute Gasteiger partial charge is 0.201 e. The van der Waals surface area contributed by atoms with E-state index >= 15 is 0 Å². The highest BCUT2D eigenvalue weighted by molar-refractivity contribution is 5.66. The van der Waals surface area contributed by atoms with Crippen molar-refractivity contribution in [2.45, 2.75) is 195 Å². The predicted octanol–water partition coefficient (Wildman–Crippen LogP) is 22.9. The van der Waals surface area contributed by atoms with E-state index in [2.05, 4.69) is 220 Å². The molecule has 6 heterocycles. The van der Waals surface area contributed by atoms with Gasteiger partial charge < -0.3 is 0 Å². The van der Waals surface area contributed by atoms with Crippen LogP contribution in [0.3, 0.4) is 0 Å². The molecule has 0 aliphatic heterocycles. The van der Waals surface area contributed by atoms with E-state index in [9.17, 15) is 0 Å². The highest BCUT2D eigenvalue weighted by atomic mass is 14.9. The third-order valence-corrected chi connectivity index (χ3v) is 20.0. The lowest BCUT2D eigenvalue weighted by Crippen LogP contribution is -2.32. The maximum atomic E-state index is 8.40. The average molecular weight is 1440 g/mol. The number of pyridine rings is 6. The summed E-state index contributed by atoms with van der Waals surface area (Å²) in [6, 6.07) is 61.3. The van der Waals surface area contributed by atoms with Gasteiger partial charge in [-0.25, -0.2) is 27.4 Å². The van der Waals surface area contributed by atoms with Gasteiger partial charge in [-0.05, 0) is 222 Å². The number of aryl methyl sites for hydroxylation is 19. The van der Waals surface area contributed by atoms with Crippen LogP contribution in [0.5, 0.6) is 0 Å². The van der Waals surface area contributed by atoms with Crippen molar-refractivity contribution in [3.63, 3.8) is 0 Å². The monoisotopic (exact) mass is 1440 g/mol. The summed E-state index contributed by atoms with van der Waals surface area (Å²) >= 11 is 0. The van der Waals surface area contributed by atoms with Gasteiger partial charge in [0.25, 0.3) is 0 Å². The SMILES string of the molecule is CCc1c[n+](C)c(-c2ccccc2C)cc1C.Cc1ccccc1-c1cc(C)c(C(C)C)c[n+]1C.[2H]C(C)(C)c1c[n+](C)c(-c2ccccc2C)cc1C.[2H]C([2H])([2H])C([2H])(C)c1c[n+](C)c(-c2ccccc2C)cc1C.[2H]C([2H])([2H])c1c[n+](C)c(-c2ccccc2C)cc1C([2H])(C)C.[2H]C([2H])([2H])c1c[n+](C)c(-c2ccccc2C)cc1C([2H])(C)C([2H])([2H])[2H]. The second-order valence-corrected chi connectivity index (χ2v) is 29.5. The molecule has 6 nitrogen and oxygen atoms in total. The fraction of sp³-hybridized carbons (Fsp3) is 0.347. The summed E-state index contributed by atoms with van der Waals surface area (Å²) in [5.74, 6) is -4.63. The first kappa shape index (κ1) is 63.3. The van der Waals surface area contributed by atoms with Crippen LogP contribution in [-0.4, -0.2) is 0 Å². The van der Waals surface area contributed by atoms with Crippen LogP contribution in [-0.2, 0) is 48.7 Å². The minimum Gasteiger partial charge on any atom is -0.201 e. The molecule has 558 valence electrons. The van der Waals surface area contributed by atoms with E-state index in [1.807, 2.05) is 137 Å². The second-order valence-electron chi connectivity index (χ2n) is 29.5. The van der Waals surface area contributed by atoms with E-state index in [-0.39, 0.29) is 16.7 Å². The first-order valence-electron chi connectivity index (χ1n) is 45.2. The van der Waals surface area contributed by atoms with Crippen molar-refractivity contribution in [3.8, 4) is 67.5 Å². The maximum absolute atomic E-state index is 8.40. The predicted molar refractivity (Wildman–Crippen MR) is 455 cm³/mol. The molecular formula is C101H130N6+6. The Morgan fingerprint density at radius 2 is 0.495 bits per heavy atom. The van der Waals surface area contributed by atoms with Crippen molar-refractivity contribution in [2.75, 3.05) is 0 Å². The van der Waals surface area contributed by atoms with Crippen LogP contribution in [0, 0.1) is 82.9 Å². The summed E-state index contributed by atoms with van der Waals surface area (Å²) in [5, 5.41) is 0. The molecule has 0 radical (unpaired) electrons. The Bertz CT molecular complexity index is 5720. The van der Waals surface area contributed by atoms with Gasteiger partial charge in [-0.15, -0.1) is 0 Å². The minimum absolute atomic E-state index is 0.00357. The van der Waals surface area contributed by atoms with E-state index in [0.717, 1.165) is 62.3 Å². The van der Waals surface area contributed by atoms with Crippen molar-refractivity contribution in [2.24, 2.45) is 42.3 Å². The quantitative estimate of drug-likeness (QED) is 0.109. The minimum atomic E-state index is -2.66. The van der Waals surface area contributed by atoms with Crippen LogP contribution in [0.1, 0.15) is 228 Å². The van der Waals surface area contributed by atoms with E-state index in [1.54, 1.807) is 37.9 Å². The van der Waals surface area contributed by atoms with Crippen LogP contribution < -0.4 is 27.4 Å². The molecule has 0 saturated carbocycles. The lowest BCUT2D eigenvalue weighted by atomic mass is 9.96. The van der Waals surface area contributed by atoms with Crippen molar-refractivity contribution < 1.29 is 49.3 Å². The topological polar surface area (TPSA) is 23.3 Å². The highest BCUT2D eigenvalue weighted by Gasteiger charge is 2.23. The number of rotatable bonds is 12. The standard InChI is InChI=1S/5C17H22N.C16H20N/c2*1-12(2)16-10-17(18(5)11-14(16)4)15-9-7-6-8-13(15)3;3*1-12(2)16-11-18(5)17(10-14(16)4)15-9-7-6-8-13(15)3;1-5-14-11-17(4)16(10-13(14)3)15-9-7-6-8-12(15)2/h5*6-12H,1-5H3;6-11H,5H2,1-4H3/q6*+1/i1D3,4D3,12D;4D3,12D;1D3,12D;12D;;. The fourth-order valence-corrected chi connectivity index (χ4v) is 13.8. The third-order valence-electron chi connectivity index (χ3n) is 20.0. The van der Waals surface area contributed by atoms with Gasteiger partial charge in [-0.1, -0.05) is 185 Å². The van der Waals surface area contributed by atoms with Gasteiger partial charge >= 0.3 is 0 Å². The van der Waals surface area contributed by atoms with Gasteiger partial charge in [0.05, 0.1) is 0 Å². The van der Waals surface area contributed by atoms with E-state index < -0.39 is 51.0 Å². The average Bonchev–Trinajstić information content (AvgIpc) is 0.739. The van der Waals surface area contributed by atoms with Gasteiger partial charge in [0.15, 0.2) is 37.2 Å². The summed E-state index contributed by atoms with van der Waals surface area (Å²) in [4.78, 5) is 0. The van der Waals surface area contributed by atoms with Gasteiger partial charge in [-0.3, -0.25) is 0 Å². The zero-order valence-electron chi connectivity index (χ0n) is 84.8. The first-order valence-corrected chi connectivity index (χ1v) is 37.2. The van der Waals surface area contributed by atoms with E-state index in [4.69, 9.17) is 21.9 Å². The Morgan fingerprint density at radius 3 is 0.766 bits per heavy atom. The van der Waals surface area contributed by atoms with E-state index in [1.165, 1.54) is 104 Å². The Hall–Kier alpha value is -9.78. The first-order chi connectivity index (χ1) is 56.8. The molecule has 0 bridgehead atoms. The number of hydrogen-bond acceptors (Lipinski definition) is 0. The molecule has 2 unspecified atom stereocenters. The number of hydrogen-bond donors (Lipinski definition) is 0. The molecule has 6 aromatic carbocycles. The Balaban J connectivity index is 0.000000204. The number of aromatic nitrogens is 6. The Kier molecular flexibility index (Phi) is 22.9. The molecule has 0 amide bonds.